The molecule has 0 aliphatic carbocycles. The van der Waals surface area contributed by atoms with Crippen molar-refractivity contribution in [1.29, 1.82) is 0 Å². The van der Waals surface area contributed by atoms with Gasteiger partial charge in [0.05, 0.1) is 6.20 Å². The number of carbonyl (C=O) groups is 1. The molecule has 0 aliphatic rings. The van der Waals surface area contributed by atoms with Gasteiger partial charge in [0, 0.05) is 23.5 Å². The summed E-state index contributed by atoms with van der Waals surface area (Å²) >= 11 is 12.1. The maximum atomic E-state index is 12.2. The van der Waals surface area contributed by atoms with E-state index in [2.05, 4.69) is 4.98 Å². The highest BCUT2D eigenvalue weighted by molar-refractivity contribution is 6.36. The maximum Gasteiger partial charge on any atom is 0.185 e. The molecule has 94 valence electrons. The van der Waals surface area contributed by atoms with Gasteiger partial charge in [-0.25, -0.2) is 4.98 Å². The number of rotatable bonds is 3. The van der Waals surface area contributed by atoms with Crippen LogP contribution in [-0.2, 0) is 13.5 Å². The van der Waals surface area contributed by atoms with Crippen LogP contribution in [0.1, 0.15) is 21.9 Å². The number of nitrogens with zero attached hydrogens (tertiary/aromatic N) is 2. The molecule has 0 saturated carbocycles. The average molecular weight is 283 g/mol. The lowest BCUT2D eigenvalue weighted by Crippen LogP contribution is -2.10. The fraction of sp³-hybridized carbons (Fsp3) is 0.231. The second kappa shape index (κ2) is 5.12. The normalized spacial score (nSPS) is 10.7. The zero-order valence-corrected chi connectivity index (χ0v) is 11.6. The molecule has 1 aromatic carbocycles. The van der Waals surface area contributed by atoms with Gasteiger partial charge in [-0.15, -0.1) is 0 Å². The van der Waals surface area contributed by atoms with Crippen LogP contribution in [-0.4, -0.2) is 15.3 Å². The number of aryl methyl sites for hydroxylation is 1. The predicted molar refractivity (Wildman–Crippen MR) is 72.4 cm³/mol. The van der Waals surface area contributed by atoms with E-state index in [-0.39, 0.29) is 12.2 Å². The number of Topliss-reactive ketones (excluding diaryl/α,β-unsaturated/α-hetero) is 1. The predicted octanol–water partition coefficient (Wildman–Crippen LogP) is 3.46. The number of hydrogen-bond donors (Lipinski definition) is 0. The molecule has 0 radical (unpaired) electrons. The Bertz CT molecular complexity index is 585. The molecule has 0 amide bonds. The highest BCUT2D eigenvalue weighted by Gasteiger charge is 2.16. The second-order valence-corrected chi connectivity index (χ2v) is 4.86. The minimum Gasteiger partial charge on any atom is -0.329 e. The number of halogens is 2. The highest BCUT2D eigenvalue weighted by Crippen LogP contribution is 2.25. The van der Waals surface area contributed by atoms with Crippen molar-refractivity contribution in [3.05, 3.63) is 51.5 Å². The van der Waals surface area contributed by atoms with Crippen molar-refractivity contribution in [3.63, 3.8) is 0 Å². The minimum atomic E-state index is -0.0481. The maximum absolute atomic E-state index is 12.2. The van der Waals surface area contributed by atoms with E-state index in [4.69, 9.17) is 23.2 Å². The summed E-state index contributed by atoms with van der Waals surface area (Å²) in [6, 6.07) is 5.21. The Morgan fingerprint density at radius 1 is 1.33 bits per heavy atom. The Morgan fingerprint density at radius 2 is 1.94 bits per heavy atom. The van der Waals surface area contributed by atoms with E-state index >= 15 is 0 Å². The lowest BCUT2D eigenvalue weighted by Gasteiger charge is -2.07. The van der Waals surface area contributed by atoms with Crippen LogP contribution in [0.15, 0.2) is 24.4 Å². The van der Waals surface area contributed by atoms with Crippen LogP contribution in [0.5, 0.6) is 0 Å². The van der Waals surface area contributed by atoms with Gasteiger partial charge in [0.25, 0.3) is 0 Å². The van der Waals surface area contributed by atoms with Gasteiger partial charge in [-0.3, -0.25) is 4.79 Å². The first-order valence-electron chi connectivity index (χ1n) is 5.45. The molecule has 0 spiro atoms. The van der Waals surface area contributed by atoms with E-state index in [1.165, 1.54) is 0 Å². The molecule has 0 fully saturated rings. The molecule has 2 aromatic rings. The van der Waals surface area contributed by atoms with Gasteiger partial charge in [-0.2, -0.15) is 0 Å². The van der Waals surface area contributed by atoms with Crippen molar-refractivity contribution in [2.75, 3.05) is 0 Å². The van der Waals surface area contributed by atoms with E-state index in [1.807, 2.05) is 14.0 Å². The summed E-state index contributed by atoms with van der Waals surface area (Å²) in [6.07, 6.45) is 1.75. The number of benzene rings is 1. The zero-order chi connectivity index (χ0) is 13.3. The second-order valence-electron chi connectivity index (χ2n) is 4.05. The summed E-state index contributed by atoms with van der Waals surface area (Å²) in [7, 11) is 1.81. The molecule has 1 aromatic heterocycles. The summed E-state index contributed by atoms with van der Waals surface area (Å²) in [4.78, 5) is 16.3. The molecular formula is C13H12Cl2N2O. The Labute approximate surface area is 115 Å². The zero-order valence-electron chi connectivity index (χ0n) is 10.1. The molecule has 5 heteroatoms. The summed E-state index contributed by atoms with van der Waals surface area (Å²) in [5.41, 5.74) is 1.22. The molecule has 0 aliphatic heterocycles. The van der Waals surface area contributed by atoms with Crippen molar-refractivity contribution in [2.45, 2.75) is 13.3 Å². The van der Waals surface area contributed by atoms with Crippen LogP contribution in [0.2, 0.25) is 10.0 Å². The first kappa shape index (κ1) is 13.1. The molecule has 0 unspecified atom stereocenters. The third-order valence-corrected chi connectivity index (χ3v) is 3.61. The van der Waals surface area contributed by atoms with Gasteiger partial charge in [0.1, 0.15) is 11.5 Å². The van der Waals surface area contributed by atoms with Crippen molar-refractivity contribution >= 4 is 29.0 Å². The van der Waals surface area contributed by atoms with Crippen LogP contribution in [0, 0.1) is 6.92 Å². The van der Waals surface area contributed by atoms with Gasteiger partial charge in [-0.05, 0) is 24.6 Å². The lowest BCUT2D eigenvalue weighted by molar-refractivity contribution is 0.0985. The van der Waals surface area contributed by atoms with Crippen molar-refractivity contribution < 1.29 is 4.79 Å². The monoisotopic (exact) mass is 282 g/mol. The van der Waals surface area contributed by atoms with Crippen molar-refractivity contribution in [1.82, 2.24) is 9.55 Å². The topological polar surface area (TPSA) is 34.9 Å². The largest absolute Gasteiger partial charge is 0.329 e. The van der Waals surface area contributed by atoms with Crippen LogP contribution >= 0.6 is 23.2 Å². The SMILES string of the molecule is Cc1ncc(C(=O)Cc2c(Cl)cccc2Cl)n1C. The number of ketones is 1. The lowest BCUT2D eigenvalue weighted by atomic mass is 10.1. The summed E-state index contributed by atoms with van der Waals surface area (Å²) in [5.74, 6) is 0.747. The highest BCUT2D eigenvalue weighted by atomic mass is 35.5. The fourth-order valence-corrected chi connectivity index (χ4v) is 2.24. The van der Waals surface area contributed by atoms with Gasteiger partial charge in [-0.1, -0.05) is 29.3 Å². The van der Waals surface area contributed by atoms with Gasteiger partial charge < -0.3 is 4.57 Å². The van der Waals surface area contributed by atoms with Crippen LogP contribution in [0.3, 0.4) is 0 Å². The summed E-state index contributed by atoms with van der Waals surface area (Å²) < 4.78 is 1.76. The first-order chi connectivity index (χ1) is 8.50. The van der Waals surface area contributed by atoms with Crippen LogP contribution in [0.4, 0.5) is 0 Å². The third-order valence-electron chi connectivity index (χ3n) is 2.91. The summed E-state index contributed by atoms with van der Waals surface area (Å²) in [5, 5.41) is 1.02. The average Bonchev–Trinajstić information content (AvgIpc) is 2.65. The van der Waals surface area contributed by atoms with E-state index < -0.39 is 0 Å². The van der Waals surface area contributed by atoms with E-state index in [9.17, 15) is 4.79 Å². The molecule has 0 saturated heterocycles. The van der Waals surface area contributed by atoms with Gasteiger partial charge >= 0.3 is 0 Å². The summed E-state index contributed by atoms with van der Waals surface area (Å²) in [6.45, 7) is 1.85. The van der Waals surface area contributed by atoms with Crippen molar-refractivity contribution in [3.8, 4) is 0 Å². The van der Waals surface area contributed by atoms with Gasteiger partial charge in [0.15, 0.2) is 5.78 Å². The molecule has 2 rings (SSSR count). The third kappa shape index (κ3) is 2.42. The molecule has 1 heterocycles. The molecule has 0 N–H and O–H groups in total. The minimum absolute atomic E-state index is 0.0481. The first-order valence-corrected chi connectivity index (χ1v) is 6.20. The smallest absolute Gasteiger partial charge is 0.185 e. The molecule has 0 atom stereocenters. The standard InChI is InChI=1S/C13H12Cl2N2O/c1-8-16-7-12(17(8)2)13(18)6-9-10(14)4-3-5-11(9)15/h3-5,7H,6H2,1-2H3. The number of hydrogen-bond acceptors (Lipinski definition) is 2. The molecule has 3 nitrogen and oxygen atoms in total. The molecular weight excluding hydrogens is 271 g/mol. The van der Waals surface area contributed by atoms with Crippen LogP contribution in [0.25, 0.3) is 0 Å². The van der Waals surface area contributed by atoms with Crippen LogP contribution < -0.4 is 0 Å². The number of aromatic nitrogens is 2. The quantitative estimate of drug-likeness (QED) is 0.808. The Kier molecular flexibility index (Phi) is 3.73. The Morgan fingerprint density at radius 3 is 2.44 bits per heavy atom. The van der Waals surface area contributed by atoms with E-state index in [1.54, 1.807) is 29.0 Å². The number of carbonyl (C=O) groups excluding carboxylic acids is 1. The molecule has 0 bridgehead atoms. The van der Waals surface area contributed by atoms with E-state index in [0.29, 0.717) is 21.3 Å². The molecule has 18 heavy (non-hydrogen) atoms. The number of imidazole rings is 1. The Balaban J connectivity index is 2.30. The van der Waals surface area contributed by atoms with Crippen molar-refractivity contribution in [2.24, 2.45) is 7.05 Å². The van der Waals surface area contributed by atoms with Gasteiger partial charge in [0.2, 0.25) is 0 Å². The fourth-order valence-electron chi connectivity index (χ4n) is 1.71. The Hall–Kier alpha value is -1.32. The van der Waals surface area contributed by atoms with E-state index in [0.717, 1.165) is 5.82 Å².